The van der Waals surface area contributed by atoms with Crippen LogP contribution in [-0.4, -0.2) is 33.4 Å². The van der Waals surface area contributed by atoms with Crippen molar-refractivity contribution < 1.29 is 4.79 Å². The summed E-state index contributed by atoms with van der Waals surface area (Å²) in [6.45, 7) is 12.9. The van der Waals surface area contributed by atoms with Crippen LogP contribution in [0.15, 0.2) is 48.5 Å². The van der Waals surface area contributed by atoms with Gasteiger partial charge in [-0.15, -0.1) is 0 Å². The Morgan fingerprint density at radius 1 is 1.09 bits per heavy atom. The molecule has 3 aromatic rings. The van der Waals surface area contributed by atoms with Crippen LogP contribution in [-0.2, 0) is 19.6 Å². The highest BCUT2D eigenvalue weighted by Gasteiger charge is 2.26. The van der Waals surface area contributed by atoms with E-state index in [2.05, 4.69) is 61.8 Å². The van der Waals surface area contributed by atoms with Crippen LogP contribution in [0.25, 0.3) is 11.0 Å². The first kappa shape index (κ1) is 24.5. The van der Waals surface area contributed by atoms with E-state index in [0.717, 1.165) is 61.0 Å². The Balaban J connectivity index is 1.57. The molecule has 4 rings (SSSR count). The molecule has 0 bridgehead atoms. The van der Waals surface area contributed by atoms with E-state index in [1.807, 2.05) is 29.2 Å². The van der Waals surface area contributed by atoms with Crippen molar-refractivity contribution in [3.8, 4) is 0 Å². The molecule has 2 aromatic carbocycles. The lowest BCUT2D eigenvalue weighted by Crippen LogP contribution is -2.33. The molecule has 1 aliphatic rings. The number of imidazole rings is 1. The highest BCUT2D eigenvalue weighted by Crippen LogP contribution is 2.32. The quantitative estimate of drug-likeness (QED) is 0.367. The van der Waals surface area contributed by atoms with Crippen LogP contribution >= 0.6 is 0 Å². The van der Waals surface area contributed by atoms with Crippen LogP contribution in [0.1, 0.15) is 68.7 Å². The van der Waals surface area contributed by atoms with Gasteiger partial charge in [-0.2, -0.15) is 0 Å². The SMILES string of the molecule is CC(C)CCN(Cc1nc2ccccc2n1CC1CC1)C(=O)c1cccc(CNCC(C)C)c1. The number of rotatable bonds is 12. The maximum atomic E-state index is 13.7. The lowest BCUT2D eigenvalue weighted by Gasteiger charge is -2.24. The lowest BCUT2D eigenvalue weighted by molar-refractivity contribution is 0.0729. The van der Waals surface area contributed by atoms with Crippen LogP contribution in [0.3, 0.4) is 0 Å². The van der Waals surface area contributed by atoms with Gasteiger partial charge in [-0.3, -0.25) is 4.79 Å². The molecule has 34 heavy (non-hydrogen) atoms. The molecular formula is C29H40N4O. The van der Waals surface area contributed by atoms with E-state index in [1.54, 1.807) is 0 Å². The second kappa shape index (κ2) is 11.2. The molecule has 0 saturated heterocycles. The smallest absolute Gasteiger partial charge is 0.254 e. The second-order valence-corrected chi connectivity index (χ2v) is 10.7. The summed E-state index contributed by atoms with van der Waals surface area (Å²) >= 11 is 0. The fourth-order valence-electron chi connectivity index (χ4n) is 4.35. The number of nitrogens with zero attached hydrogens (tertiary/aromatic N) is 3. The van der Waals surface area contributed by atoms with Gasteiger partial charge in [0, 0.05) is 25.2 Å². The number of hydrogen-bond donors (Lipinski definition) is 1. The predicted molar refractivity (Wildman–Crippen MR) is 140 cm³/mol. The summed E-state index contributed by atoms with van der Waals surface area (Å²) in [6.07, 6.45) is 3.56. The molecule has 1 aromatic heterocycles. The molecule has 1 saturated carbocycles. The van der Waals surface area contributed by atoms with Gasteiger partial charge in [0.05, 0.1) is 17.6 Å². The van der Waals surface area contributed by atoms with Crippen LogP contribution in [0, 0.1) is 17.8 Å². The van der Waals surface area contributed by atoms with Crippen LogP contribution in [0.5, 0.6) is 0 Å². The summed E-state index contributed by atoms with van der Waals surface area (Å²) in [4.78, 5) is 20.7. The normalized spacial score (nSPS) is 13.8. The van der Waals surface area contributed by atoms with E-state index < -0.39 is 0 Å². The first-order chi connectivity index (χ1) is 16.4. The Labute approximate surface area is 204 Å². The summed E-state index contributed by atoms with van der Waals surface area (Å²) in [7, 11) is 0. The van der Waals surface area contributed by atoms with Gasteiger partial charge in [0.15, 0.2) is 0 Å². The molecule has 1 heterocycles. The van der Waals surface area contributed by atoms with Crippen molar-refractivity contribution in [2.75, 3.05) is 13.1 Å². The van der Waals surface area contributed by atoms with Crippen LogP contribution in [0.4, 0.5) is 0 Å². The van der Waals surface area contributed by atoms with E-state index in [1.165, 1.54) is 18.4 Å². The minimum Gasteiger partial charge on any atom is -0.331 e. The second-order valence-electron chi connectivity index (χ2n) is 10.7. The molecule has 5 nitrogen and oxygen atoms in total. The maximum absolute atomic E-state index is 13.7. The number of para-hydroxylation sites is 2. The lowest BCUT2D eigenvalue weighted by atomic mass is 10.1. The molecular weight excluding hydrogens is 420 g/mol. The van der Waals surface area contributed by atoms with Crippen molar-refractivity contribution >= 4 is 16.9 Å². The molecule has 0 atom stereocenters. The third-order valence-corrected chi connectivity index (χ3v) is 6.52. The fraction of sp³-hybridized carbons (Fsp3) is 0.517. The molecule has 1 aliphatic carbocycles. The third-order valence-electron chi connectivity index (χ3n) is 6.52. The number of amides is 1. The van der Waals surface area contributed by atoms with Crippen LogP contribution in [0.2, 0.25) is 0 Å². The summed E-state index contributed by atoms with van der Waals surface area (Å²) in [5.41, 5.74) is 4.11. The van der Waals surface area contributed by atoms with E-state index in [0.29, 0.717) is 18.4 Å². The van der Waals surface area contributed by atoms with Crippen molar-refractivity contribution in [1.29, 1.82) is 0 Å². The Bertz CT molecular complexity index is 1100. The summed E-state index contributed by atoms with van der Waals surface area (Å²) < 4.78 is 2.36. The molecule has 0 radical (unpaired) electrons. The Morgan fingerprint density at radius 3 is 2.62 bits per heavy atom. The number of fused-ring (bicyclic) bond motifs is 1. The molecule has 0 unspecified atom stereocenters. The Morgan fingerprint density at radius 2 is 1.88 bits per heavy atom. The first-order valence-electron chi connectivity index (χ1n) is 12.9. The highest BCUT2D eigenvalue weighted by atomic mass is 16.2. The Kier molecular flexibility index (Phi) is 8.04. The van der Waals surface area contributed by atoms with Gasteiger partial charge in [-0.25, -0.2) is 4.98 Å². The molecule has 1 N–H and O–H groups in total. The summed E-state index contributed by atoms with van der Waals surface area (Å²) in [6, 6.07) is 16.5. The monoisotopic (exact) mass is 460 g/mol. The number of aromatic nitrogens is 2. The van der Waals surface area contributed by atoms with E-state index in [-0.39, 0.29) is 5.91 Å². The topological polar surface area (TPSA) is 50.2 Å². The van der Waals surface area contributed by atoms with E-state index in [4.69, 9.17) is 4.98 Å². The van der Waals surface area contributed by atoms with Crippen LogP contribution < -0.4 is 5.32 Å². The maximum Gasteiger partial charge on any atom is 0.254 e. The minimum absolute atomic E-state index is 0.0939. The zero-order valence-corrected chi connectivity index (χ0v) is 21.3. The molecule has 0 spiro atoms. The first-order valence-corrected chi connectivity index (χ1v) is 12.9. The molecule has 0 aliphatic heterocycles. The number of carbonyl (C=O) groups excluding carboxylic acids is 1. The molecule has 1 amide bonds. The fourth-order valence-corrected chi connectivity index (χ4v) is 4.35. The van der Waals surface area contributed by atoms with Gasteiger partial charge in [0.1, 0.15) is 5.82 Å². The number of carbonyl (C=O) groups is 1. The van der Waals surface area contributed by atoms with Gasteiger partial charge in [0.25, 0.3) is 5.91 Å². The molecule has 1 fully saturated rings. The van der Waals surface area contributed by atoms with Gasteiger partial charge >= 0.3 is 0 Å². The summed E-state index contributed by atoms with van der Waals surface area (Å²) in [5.74, 6) is 2.97. The zero-order valence-electron chi connectivity index (χ0n) is 21.3. The molecule has 182 valence electrons. The average Bonchev–Trinajstić information content (AvgIpc) is 3.57. The highest BCUT2D eigenvalue weighted by molar-refractivity contribution is 5.94. The number of nitrogens with one attached hydrogen (secondary N) is 1. The number of benzene rings is 2. The average molecular weight is 461 g/mol. The van der Waals surface area contributed by atoms with Gasteiger partial charge < -0.3 is 14.8 Å². The van der Waals surface area contributed by atoms with Crippen molar-refractivity contribution in [3.05, 3.63) is 65.5 Å². The van der Waals surface area contributed by atoms with Crippen molar-refractivity contribution in [2.24, 2.45) is 17.8 Å². The Hall–Kier alpha value is -2.66. The zero-order chi connectivity index (χ0) is 24.1. The third kappa shape index (κ3) is 6.47. The van der Waals surface area contributed by atoms with Crippen molar-refractivity contribution in [1.82, 2.24) is 19.8 Å². The van der Waals surface area contributed by atoms with Crippen molar-refractivity contribution in [2.45, 2.75) is 66.6 Å². The van der Waals surface area contributed by atoms with Gasteiger partial charge in [-0.1, -0.05) is 52.0 Å². The predicted octanol–water partition coefficient (Wildman–Crippen LogP) is 5.88. The van der Waals surface area contributed by atoms with Gasteiger partial charge in [-0.05, 0) is 73.4 Å². The van der Waals surface area contributed by atoms with E-state index >= 15 is 0 Å². The standard InChI is InChI=1S/C29H40N4O/c1-21(2)14-15-32(29(34)25-9-7-8-24(16-25)18-30-17-22(3)4)20-28-31-26-10-5-6-11-27(26)33(28)19-23-12-13-23/h5-11,16,21-23,30H,12-15,17-20H2,1-4H3. The van der Waals surface area contributed by atoms with Crippen molar-refractivity contribution in [3.63, 3.8) is 0 Å². The van der Waals surface area contributed by atoms with Gasteiger partial charge in [0.2, 0.25) is 0 Å². The minimum atomic E-state index is 0.0939. The largest absolute Gasteiger partial charge is 0.331 e. The molecule has 5 heteroatoms. The number of hydrogen-bond acceptors (Lipinski definition) is 3. The summed E-state index contributed by atoms with van der Waals surface area (Å²) in [5, 5.41) is 3.48. The van der Waals surface area contributed by atoms with E-state index in [9.17, 15) is 4.79 Å².